The van der Waals surface area contributed by atoms with Crippen molar-refractivity contribution in [2.24, 2.45) is 0 Å². The van der Waals surface area contributed by atoms with Gasteiger partial charge in [-0.15, -0.1) is 0 Å². The number of carbonyl (C=O) groups is 2. The Balaban J connectivity index is 2.02. The molecule has 0 saturated heterocycles. The molecule has 2 amide bonds. The van der Waals surface area contributed by atoms with Crippen molar-refractivity contribution in [1.29, 1.82) is 0 Å². The van der Waals surface area contributed by atoms with Crippen LogP contribution in [0.5, 0.6) is 5.75 Å². The summed E-state index contributed by atoms with van der Waals surface area (Å²) in [5.74, 6) is 0.462. The van der Waals surface area contributed by atoms with Gasteiger partial charge < -0.3 is 15.0 Å². The van der Waals surface area contributed by atoms with Crippen LogP contribution in [0.1, 0.15) is 48.6 Å². The monoisotopic (exact) mass is 486 g/mol. The number of amides is 2. The third-order valence-corrected chi connectivity index (χ3v) is 5.89. The van der Waals surface area contributed by atoms with Crippen LogP contribution in [0.15, 0.2) is 72.8 Å². The maximum Gasteiger partial charge on any atom is 0.243 e. The van der Waals surface area contributed by atoms with Crippen molar-refractivity contribution in [2.75, 3.05) is 7.11 Å². The SMILES string of the molecule is COc1cccc(CN(C(=O)Cc2cc(C)cc(C)c2)[C@@H](Cc2ccccc2)C(=O)NC(C)(C)C)c1. The Kier molecular flexibility index (Phi) is 8.92. The number of hydrogen-bond donors (Lipinski definition) is 1. The first kappa shape index (κ1) is 27.0. The van der Waals surface area contributed by atoms with Gasteiger partial charge in [0, 0.05) is 18.5 Å². The first-order valence-corrected chi connectivity index (χ1v) is 12.4. The first-order chi connectivity index (χ1) is 17.0. The van der Waals surface area contributed by atoms with Crippen molar-refractivity contribution < 1.29 is 14.3 Å². The van der Waals surface area contributed by atoms with Crippen LogP contribution in [0.25, 0.3) is 0 Å². The lowest BCUT2D eigenvalue weighted by atomic mass is 9.99. The van der Waals surface area contributed by atoms with Crippen molar-refractivity contribution in [1.82, 2.24) is 10.2 Å². The van der Waals surface area contributed by atoms with E-state index in [0.29, 0.717) is 18.7 Å². The van der Waals surface area contributed by atoms with Gasteiger partial charge in [-0.3, -0.25) is 9.59 Å². The molecule has 0 aliphatic carbocycles. The summed E-state index contributed by atoms with van der Waals surface area (Å²) < 4.78 is 5.41. The Labute approximate surface area is 215 Å². The molecule has 0 unspecified atom stereocenters. The van der Waals surface area contributed by atoms with E-state index in [1.807, 2.05) is 101 Å². The van der Waals surface area contributed by atoms with Crippen LogP contribution in [0.2, 0.25) is 0 Å². The molecule has 0 saturated carbocycles. The fourth-order valence-corrected chi connectivity index (χ4v) is 4.42. The molecular weight excluding hydrogens is 448 g/mol. The van der Waals surface area contributed by atoms with E-state index in [-0.39, 0.29) is 18.2 Å². The Morgan fingerprint density at radius 1 is 0.861 bits per heavy atom. The van der Waals surface area contributed by atoms with Crippen LogP contribution in [-0.4, -0.2) is 35.4 Å². The van der Waals surface area contributed by atoms with Gasteiger partial charge in [-0.05, 0) is 63.4 Å². The highest BCUT2D eigenvalue weighted by Crippen LogP contribution is 2.20. The van der Waals surface area contributed by atoms with Crippen molar-refractivity contribution in [3.8, 4) is 5.75 Å². The molecule has 0 fully saturated rings. The molecule has 5 nitrogen and oxygen atoms in total. The topological polar surface area (TPSA) is 58.6 Å². The molecule has 0 spiro atoms. The van der Waals surface area contributed by atoms with Gasteiger partial charge in [-0.25, -0.2) is 0 Å². The molecular formula is C31H38N2O3. The number of nitrogens with zero attached hydrogens (tertiary/aromatic N) is 1. The third kappa shape index (κ3) is 7.98. The predicted molar refractivity (Wildman–Crippen MR) is 145 cm³/mol. The zero-order valence-electron chi connectivity index (χ0n) is 22.3. The summed E-state index contributed by atoms with van der Waals surface area (Å²) in [6.07, 6.45) is 0.645. The first-order valence-electron chi connectivity index (χ1n) is 12.4. The van der Waals surface area contributed by atoms with Gasteiger partial charge in [0.2, 0.25) is 11.8 Å². The largest absolute Gasteiger partial charge is 0.497 e. The summed E-state index contributed by atoms with van der Waals surface area (Å²) in [5, 5.41) is 3.11. The van der Waals surface area contributed by atoms with Gasteiger partial charge in [0.25, 0.3) is 0 Å². The van der Waals surface area contributed by atoms with Gasteiger partial charge in [0.15, 0.2) is 0 Å². The van der Waals surface area contributed by atoms with Crippen LogP contribution in [0.4, 0.5) is 0 Å². The van der Waals surface area contributed by atoms with Crippen molar-refractivity contribution in [3.05, 3.63) is 101 Å². The quantitative estimate of drug-likeness (QED) is 0.440. The average Bonchev–Trinajstić information content (AvgIpc) is 2.80. The minimum atomic E-state index is -0.670. The Morgan fingerprint density at radius 3 is 2.11 bits per heavy atom. The fourth-order valence-electron chi connectivity index (χ4n) is 4.42. The van der Waals surface area contributed by atoms with E-state index in [4.69, 9.17) is 4.74 Å². The van der Waals surface area contributed by atoms with E-state index in [0.717, 1.165) is 27.8 Å². The number of methoxy groups -OCH3 is 1. The zero-order valence-corrected chi connectivity index (χ0v) is 22.3. The molecule has 0 bridgehead atoms. The molecule has 5 heteroatoms. The highest BCUT2D eigenvalue weighted by Gasteiger charge is 2.32. The lowest BCUT2D eigenvalue weighted by Gasteiger charge is -2.34. The van der Waals surface area contributed by atoms with Crippen LogP contribution in [0.3, 0.4) is 0 Å². The second kappa shape index (κ2) is 11.9. The molecule has 3 aromatic carbocycles. The molecule has 190 valence electrons. The minimum absolute atomic E-state index is 0.0900. The van der Waals surface area contributed by atoms with Gasteiger partial charge in [0.1, 0.15) is 11.8 Å². The summed E-state index contributed by atoms with van der Waals surface area (Å²) >= 11 is 0. The second-order valence-electron chi connectivity index (χ2n) is 10.5. The van der Waals surface area contributed by atoms with Crippen LogP contribution < -0.4 is 10.1 Å². The predicted octanol–water partition coefficient (Wildman–Crippen LogP) is 5.41. The Hall–Kier alpha value is -3.60. The van der Waals surface area contributed by atoms with Gasteiger partial charge >= 0.3 is 0 Å². The third-order valence-electron chi connectivity index (χ3n) is 5.89. The lowest BCUT2D eigenvalue weighted by Crippen LogP contribution is -2.54. The summed E-state index contributed by atoms with van der Waals surface area (Å²) in [6.45, 7) is 10.2. The fraction of sp³-hybridized carbons (Fsp3) is 0.355. The smallest absolute Gasteiger partial charge is 0.243 e. The van der Waals surface area contributed by atoms with E-state index in [1.165, 1.54) is 0 Å². The van der Waals surface area contributed by atoms with Crippen LogP contribution >= 0.6 is 0 Å². The number of rotatable bonds is 9. The van der Waals surface area contributed by atoms with Gasteiger partial charge in [-0.1, -0.05) is 71.8 Å². The number of benzene rings is 3. The van der Waals surface area contributed by atoms with Crippen molar-refractivity contribution in [2.45, 2.75) is 65.6 Å². The molecule has 1 atom stereocenters. The van der Waals surface area contributed by atoms with Gasteiger partial charge in [0.05, 0.1) is 13.5 Å². The van der Waals surface area contributed by atoms with Crippen molar-refractivity contribution in [3.63, 3.8) is 0 Å². The standard InChI is InChI=1S/C31H38N2O3/c1-22-15-23(2)17-26(16-22)20-29(34)33(21-25-13-10-14-27(18-25)36-6)28(30(35)32-31(3,4)5)19-24-11-8-7-9-12-24/h7-18,28H,19-21H2,1-6H3,(H,32,35)/t28-/m0/s1. The highest BCUT2D eigenvalue weighted by molar-refractivity contribution is 5.89. The van der Waals surface area contributed by atoms with Crippen LogP contribution in [0, 0.1) is 13.8 Å². The number of nitrogens with one attached hydrogen (secondary N) is 1. The minimum Gasteiger partial charge on any atom is -0.497 e. The van der Waals surface area contributed by atoms with Crippen molar-refractivity contribution >= 4 is 11.8 Å². The zero-order chi connectivity index (χ0) is 26.3. The maximum absolute atomic E-state index is 13.9. The molecule has 3 rings (SSSR count). The summed E-state index contributed by atoms with van der Waals surface area (Å²) in [6, 6.07) is 23.0. The Bertz CT molecular complexity index is 1160. The molecule has 0 aliphatic heterocycles. The molecule has 0 heterocycles. The van der Waals surface area contributed by atoms with E-state index in [9.17, 15) is 9.59 Å². The molecule has 1 N–H and O–H groups in total. The summed E-state index contributed by atoms with van der Waals surface area (Å²) in [5.41, 5.74) is 4.66. The van der Waals surface area contributed by atoms with E-state index >= 15 is 0 Å². The van der Waals surface area contributed by atoms with Gasteiger partial charge in [-0.2, -0.15) is 0 Å². The highest BCUT2D eigenvalue weighted by atomic mass is 16.5. The van der Waals surface area contributed by atoms with E-state index in [1.54, 1.807) is 12.0 Å². The molecule has 36 heavy (non-hydrogen) atoms. The van der Waals surface area contributed by atoms with E-state index in [2.05, 4.69) is 11.4 Å². The number of carbonyl (C=O) groups excluding carboxylic acids is 2. The lowest BCUT2D eigenvalue weighted by molar-refractivity contribution is -0.141. The summed E-state index contributed by atoms with van der Waals surface area (Å²) in [4.78, 5) is 29.3. The maximum atomic E-state index is 13.9. The number of aryl methyl sites for hydroxylation is 2. The normalized spacial score (nSPS) is 12.1. The number of hydrogen-bond acceptors (Lipinski definition) is 3. The molecule has 0 aliphatic rings. The van der Waals surface area contributed by atoms with E-state index < -0.39 is 11.6 Å². The molecule has 0 aromatic heterocycles. The number of ether oxygens (including phenoxy) is 1. The average molecular weight is 487 g/mol. The van der Waals surface area contributed by atoms with Crippen LogP contribution in [-0.2, 0) is 29.0 Å². The molecule has 0 radical (unpaired) electrons. The summed E-state index contributed by atoms with van der Waals surface area (Å²) in [7, 11) is 1.62. The second-order valence-corrected chi connectivity index (χ2v) is 10.5. The Morgan fingerprint density at radius 2 is 1.50 bits per heavy atom. The molecule has 3 aromatic rings.